The van der Waals surface area contributed by atoms with Crippen LogP contribution < -0.4 is 15.8 Å². The van der Waals surface area contributed by atoms with E-state index in [4.69, 9.17) is 26.8 Å². The fourth-order valence-corrected chi connectivity index (χ4v) is 3.08. The quantitative estimate of drug-likeness (QED) is 0.586. The van der Waals surface area contributed by atoms with Gasteiger partial charge in [-0.05, 0) is 24.8 Å². The molecule has 1 aliphatic rings. The molecule has 7 heteroatoms. The first kappa shape index (κ1) is 20.9. The molecular formula is C17H26Cl2N2O3. The number of halogens is 2. The van der Waals surface area contributed by atoms with Crippen molar-refractivity contribution in [1.82, 2.24) is 5.32 Å². The summed E-state index contributed by atoms with van der Waals surface area (Å²) in [5.74, 6) is 0.755. The molecule has 0 spiro atoms. The molecule has 0 radical (unpaired) electrons. The van der Waals surface area contributed by atoms with Gasteiger partial charge in [-0.1, -0.05) is 31.4 Å². The number of nitrogens with one attached hydrogen (secondary N) is 1. The van der Waals surface area contributed by atoms with E-state index < -0.39 is 0 Å². The third-order valence-corrected chi connectivity index (χ3v) is 4.64. The Bertz CT molecular complexity index is 555. The number of carbonyl (C=O) groups is 1. The third-order valence-electron chi connectivity index (χ3n) is 4.32. The zero-order chi connectivity index (χ0) is 16.8. The van der Waals surface area contributed by atoms with E-state index in [1.54, 1.807) is 6.07 Å². The van der Waals surface area contributed by atoms with Crippen molar-refractivity contribution in [3.05, 3.63) is 22.7 Å². The Hall–Kier alpha value is -1.17. The largest absolute Gasteiger partial charge is 0.496 e. The van der Waals surface area contributed by atoms with Gasteiger partial charge >= 0.3 is 0 Å². The molecule has 0 aliphatic heterocycles. The minimum atomic E-state index is -0.246. The Morgan fingerprint density at radius 3 is 2.75 bits per heavy atom. The van der Waals surface area contributed by atoms with Gasteiger partial charge in [-0.3, -0.25) is 4.79 Å². The van der Waals surface area contributed by atoms with Crippen molar-refractivity contribution in [2.24, 2.45) is 5.92 Å². The lowest BCUT2D eigenvalue weighted by molar-refractivity contribution is -0.00294. The van der Waals surface area contributed by atoms with Crippen molar-refractivity contribution in [3.8, 4) is 5.75 Å². The number of hydrogen-bond acceptors (Lipinski definition) is 4. The first-order valence-corrected chi connectivity index (χ1v) is 8.43. The van der Waals surface area contributed by atoms with Gasteiger partial charge in [-0.25, -0.2) is 0 Å². The number of ether oxygens (including phenoxy) is 2. The zero-order valence-corrected chi connectivity index (χ0v) is 15.7. The van der Waals surface area contributed by atoms with Gasteiger partial charge in [0, 0.05) is 12.6 Å². The van der Waals surface area contributed by atoms with Crippen LogP contribution >= 0.6 is 24.0 Å². The van der Waals surface area contributed by atoms with Crippen LogP contribution in [0.3, 0.4) is 0 Å². The summed E-state index contributed by atoms with van der Waals surface area (Å²) in [7, 11) is 1.49. The molecule has 136 valence electrons. The number of nitrogen functional groups attached to an aromatic ring is 1. The fourth-order valence-electron chi connectivity index (χ4n) is 2.92. The summed E-state index contributed by atoms with van der Waals surface area (Å²) in [6.45, 7) is 3.18. The standard InChI is InChI=1S/C17H25ClN2O3.ClH/c1-11-5-3-4-6-15(11)23-8-7-20-17(21)12-9-13(18)14(19)10-16(12)22-2;/h9-11,15H,3-8,19H2,1-2H3,(H,20,21);1H. The zero-order valence-electron chi connectivity index (χ0n) is 14.1. The summed E-state index contributed by atoms with van der Waals surface area (Å²) in [5.41, 5.74) is 6.48. The van der Waals surface area contributed by atoms with Gasteiger partial charge in [0.25, 0.3) is 5.91 Å². The molecule has 5 nitrogen and oxygen atoms in total. The summed E-state index contributed by atoms with van der Waals surface area (Å²) in [4.78, 5) is 12.3. The van der Waals surface area contributed by atoms with E-state index >= 15 is 0 Å². The first-order valence-electron chi connectivity index (χ1n) is 8.05. The highest BCUT2D eigenvalue weighted by atomic mass is 35.5. The van der Waals surface area contributed by atoms with E-state index in [1.807, 2.05) is 0 Å². The molecule has 1 aromatic rings. The minimum absolute atomic E-state index is 0. The number of hydrogen-bond donors (Lipinski definition) is 2. The van der Waals surface area contributed by atoms with E-state index in [-0.39, 0.29) is 18.3 Å². The molecule has 2 unspecified atom stereocenters. The van der Waals surface area contributed by atoms with E-state index in [0.29, 0.717) is 47.2 Å². The monoisotopic (exact) mass is 376 g/mol. The summed E-state index contributed by atoms with van der Waals surface area (Å²) < 4.78 is 11.1. The lowest BCUT2D eigenvalue weighted by atomic mass is 9.88. The van der Waals surface area contributed by atoms with Crippen LogP contribution in [-0.2, 0) is 4.74 Å². The SMILES string of the molecule is COc1cc(N)c(Cl)cc1C(=O)NCCOC1CCCCC1C.Cl. The molecule has 1 saturated carbocycles. The van der Waals surface area contributed by atoms with Gasteiger partial charge in [0.05, 0.1) is 36.1 Å². The number of methoxy groups -OCH3 is 1. The third kappa shape index (κ3) is 5.43. The molecule has 2 rings (SSSR count). The van der Waals surface area contributed by atoms with Gasteiger partial charge in [-0.15, -0.1) is 12.4 Å². The highest BCUT2D eigenvalue weighted by Crippen LogP contribution is 2.29. The second-order valence-corrected chi connectivity index (χ2v) is 6.41. The van der Waals surface area contributed by atoms with Crippen molar-refractivity contribution in [3.63, 3.8) is 0 Å². The van der Waals surface area contributed by atoms with Gasteiger partial charge in [0.1, 0.15) is 5.75 Å². The first-order chi connectivity index (χ1) is 11.0. The fraction of sp³-hybridized carbons (Fsp3) is 0.588. The van der Waals surface area contributed by atoms with Crippen molar-refractivity contribution in [1.29, 1.82) is 0 Å². The molecule has 0 aromatic heterocycles. The maximum atomic E-state index is 12.3. The predicted molar refractivity (Wildman–Crippen MR) is 99.4 cm³/mol. The Balaban J connectivity index is 0.00000288. The van der Waals surface area contributed by atoms with Gasteiger partial charge in [0.2, 0.25) is 0 Å². The Morgan fingerprint density at radius 2 is 2.08 bits per heavy atom. The van der Waals surface area contributed by atoms with Crippen molar-refractivity contribution in [2.45, 2.75) is 38.7 Å². The van der Waals surface area contributed by atoms with Crippen LogP contribution in [0.15, 0.2) is 12.1 Å². The van der Waals surface area contributed by atoms with Crippen LogP contribution in [0, 0.1) is 5.92 Å². The summed E-state index contributed by atoms with van der Waals surface area (Å²) in [5, 5.41) is 3.17. The maximum absolute atomic E-state index is 12.3. The van der Waals surface area contributed by atoms with Gasteiger partial charge < -0.3 is 20.5 Å². The Morgan fingerprint density at radius 1 is 1.38 bits per heavy atom. The van der Waals surface area contributed by atoms with Crippen LogP contribution in [0.2, 0.25) is 5.02 Å². The van der Waals surface area contributed by atoms with Gasteiger partial charge in [0.15, 0.2) is 0 Å². The number of carbonyl (C=O) groups excluding carboxylic acids is 1. The minimum Gasteiger partial charge on any atom is -0.496 e. The molecule has 2 atom stereocenters. The average Bonchev–Trinajstić information content (AvgIpc) is 2.55. The van der Waals surface area contributed by atoms with Crippen molar-refractivity contribution >= 4 is 35.6 Å². The molecular weight excluding hydrogens is 351 g/mol. The molecule has 0 heterocycles. The highest BCUT2D eigenvalue weighted by Gasteiger charge is 2.21. The smallest absolute Gasteiger partial charge is 0.255 e. The molecule has 1 amide bonds. The number of anilines is 1. The lowest BCUT2D eigenvalue weighted by Crippen LogP contribution is -2.32. The van der Waals surface area contributed by atoms with Crippen molar-refractivity contribution in [2.75, 3.05) is 26.0 Å². The molecule has 24 heavy (non-hydrogen) atoms. The normalized spacial score (nSPS) is 20.1. The summed E-state index contributed by atoms with van der Waals surface area (Å²) in [6.07, 6.45) is 5.15. The molecule has 0 bridgehead atoms. The maximum Gasteiger partial charge on any atom is 0.255 e. The Kier molecular flexibility index (Phi) is 8.67. The predicted octanol–water partition coefficient (Wildman–Crippen LogP) is 3.68. The summed E-state index contributed by atoms with van der Waals surface area (Å²) in [6, 6.07) is 3.08. The Labute approximate surface area is 154 Å². The van der Waals surface area contributed by atoms with E-state index in [9.17, 15) is 4.79 Å². The van der Waals surface area contributed by atoms with Gasteiger partial charge in [-0.2, -0.15) is 0 Å². The van der Waals surface area contributed by atoms with Crippen LogP contribution in [0.1, 0.15) is 43.0 Å². The second-order valence-electron chi connectivity index (χ2n) is 6.00. The number of rotatable bonds is 6. The van der Waals surface area contributed by atoms with Crippen LogP contribution in [0.4, 0.5) is 5.69 Å². The number of nitrogens with two attached hydrogens (primary N) is 1. The van der Waals surface area contributed by atoms with E-state index in [1.165, 1.54) is 32.4 Å². The molecule has 0 saturated heterocycles. The molecule has 1 fully saturated rings. The second kappa shape index (κ2) is 9.97. The highest BCUT2D eigenvalue weighted by molar-refractivity contribution is 6.33. The topological polar surface area (TPSA) is 73.6 Å². The number of amides is 1. The van der Waals surface area contributed by atoms with E-state index in [2.05, 4.69) is 12.2 Å². The average molecular weight is 377 g/mol. The molecule has 3 N–H and O–H groups in total. The molecule has 1 aromatic carbocycles. The number of benzene rings is 1. The summed E-state index contributed by atoms with van der Waals surface area (Å²) >= 11 is 5.98. The lowest BCUT2D eigenvalue weighted by Gasteiger charge is -2.28. The van der Waals surface area contributed by atoms with E-state index in [0.717, 1.165) is 6.42 Å². The molecule has 1 aliphatic carbocycles. The van der Waals surface area contributed by atoms with Crippen LogP contribution in [-0.4, -0.2) is 32.3 Å². The van der Waals surface area contributed by atoms with Crippen molar-refractivity contribution < 1.29 is 14.3 Å². The van der Waals surface area contributed by atoms with Crippen LogP contribution in [0.5, 0.6) is 5.75 Å². The van der Waals surface area contributed by atoms with Crippen LogP contribution in [0.25, 0.3) is 0 Å².